The zero-order valence-electron chi connectivity index (χ0n) is 11.3. The van der Waals surface area contributed by atoms with Gasteiger partial charge in [-0.05, 0) is 17.0 Å². The maximum atomic E-state index is 11.6. The van der Waals surface area contributed by atoms with Crippen molar-refractivity contribution in [1.82, 2.24) is 5.32 Å². The Labute approximate surface area is 109 Å². The van der Waals surface area contributed by atoms with Gasteiger partial charge in [-0.15, -0.1) is 0 Å². The van der Waals surface area contributed by atoms with Gasteiger partial charge in [0, 0.05) is 20.2 Å². The number of carbonyl (C=O) groups is 1. The van der Waals surface area contributed by atoms with E-state index in [0.717, 1.165) is 5.56 Å². The number of hydrogen-bond acceptors (Lipinski definition) is 3. The second-order valence-electron chi connectivity index (χ2n) is 4.57. The molecule has 0 bridgehead atoms. The van der Waals surface area contributed by atoms with Crippen LogP contribution in [0.5, 0.6) is 0 Å². The van der Waals surface area contributed by atoms with E-state index in [1.807, 2.05) is 12.1 Å². The van der Waals surface area contributed by atoms with Crippen molar-refractivity contribution in [1.29, 1.82) is 0 Å². The average Bonchev–Trinajstić information content (AvgIpc) is 2.38. The van der Waals surface area contributed by atoms with E-state index < -0.39 is 6.10 Å². The summed E-state index contributed by atoms with van der Waals surface area (Å²) < 4.78 is 4.96. The Morgan fingerprint density at radius 2 is 1.94 bits per heavy atom. The van der Waals surface area contributed by atoms with Crippen molar-refractivity contribution in [3.05, 3.63) is 35.4 Å². The maximum Gasteiger partial charge on any atom is 0.250 e. The lowest BCUT2D eigenvalue weighted by Gasteiger charge is -2.13. The third-order valence-corrected chi connectivity index (χ3v) is 2.90. The Bertz CT molecular complexity index is 370. The molecule has 0 aliphatic rings. The molecule has 0 saturated heterocycles. The van der Waals surface area contributed by atoms with E-state index in [1.54, 1.807) is 0 Å². The van der Waals surface area contributed by atoms with Gasteiger partial charge in [-0.2, -0.15) is 0 Å². The summed E-state index contributed by atoms with van der Waals surface area (Å²) in [4.78, 5) is 11.6. The van der Waals surface area contributed by atoms with Gasteiger partial charge < -0.3 is 15.8 Å². The summed E-state index contributed by atoms with van der Waals surface area (Å²) >= 11 is 0. The lowest BCUT2D eigenvalue weighted by Crippen LogP contribution is -2.40. The number of nitrogens with one attached hydrogen (secondary N) is 1. The van der Waals surface area contributed by atoms with Gasteiger partial charge in [0.05, 0.1) is 0 Å². The number of methoxy groups -OCH3 is 1. The molecule has 3 N–H and O–H groups in total. The monoisotopic (exact) mass is 250 g/mol. The summed E-state index contributed by atoms with van der Waals surface area (Å²) in [6, 6.07) is 8.23. The minimum Gasteiger partial charge on any atom is -0.370 e. The quantitative estimate of drug-likeness (QED) is 0.802. The van der Waals surface area contributed by atoms with Crippen molar-refractivity contribution in [2.45, 2.75) is 32.4 Å². The number of nitrogens with two attached hydrogens (primary N) is 1. The average molecular weight is 250 g/mol. The predicted molar refractivity (Wildman–Crippen MR) is 72.2 cm³/mol. The second-order valence-corrected chi connectivity index (χ2v) is 4.57. The summed E-state index contributed by atoms with van der Waals surface area (Å²) in [6.07, 6.45) is -0.570. The Hall–Kier alpha value is -1.39. The standard InChI is InChI=1S/C14H22N2O2/c1-10(2)12-6-4-11(5-7-12)9-16-14(17)13(8-15)18-3/h4-7,10,13H,8-9,15H2,1-3H3,(H,16,17). The highest BCUT2D eigenvalue weighted by molar-refractivity contribution is 5.80. The third kappa shape index (κ3) is 4.13. The van der Waals surface area contributed by atoms with E-state index in [1.165, 1.54) is 12.7 Å². The van der Waals surface area contributed by atoms with Crippen molar-refractivity contribution in [2.24, 2.45) is 5.73 Å². The molecule has 0 aliphatic carbocycles. The van der Waals surface area contributed by atoms with Crippen LogP contribution in [0.3, 0.4) is 0 Å². The fourth-order valence-electron chi connectivity index (χ4n) is 1.63. The molecule has 4 heteroatoms. The Morgan fingerprint density at radius 1 is 1.33 bits per heavy atom. The van der Waals surface area contributed by atoms with Gasteiger partial charge in [-0.25, -0.2) is 0 Å². The molecule has 1 atom stereocenters. The van der Waals surface area contributed by atoms with Crippen molar-refractivity contribution in [3.63, 3.8) is 0 Å². The van der Waals surface area contributed by atoms with Gasteiger partial charge in [0.1, 0.15) is 6.10 Å². The molecule has 100 valence electrons. The van der Waals surface area contributed by atoms with E-state index >= 15 is 0 Å². The van der Waals surface area contributed by atoms with Gasteiger partial charge in [0.25, 0.3) is 5.91 Å². The molecular formula is C14H22N2O2. The van der Waals surface area contributed by atoms with Crippen molar-refractivity contribution >= 4 is 5.91 Å². The summed E-state index contributed by atoms with van der Waals surface area (Å²) in [6.45, 7) is 4.99. The SMILES string of the molecule is COC(CN)C(=O)NCc1ccc(C(C)C)cc1. The molecule has 0 saturated carbocycles. The van der Waals surface area contributed by atoms with Crippen LogP contribution in [0.25, 0.3) is 0 Å². The fraction of sp³-hybridized carbons (Fsp3) is 0.500. The van der Waals surface area contributed by atoms with Crippen LogP contribution >= 0.6 is 0 Å². The van der Waals surface area contributed by atoms with Gasteiger partial charge in [-0.1, -0.05) is 38.1 Å². The van der Waals surface area contributed by atoms with E-state index in [9.17, 15) is 4.79 Å². The maximum absolute atomic E-state index is 11.6. The molecule has 4 nitrogen and oxygen atoms in total. The molecule has 1 unspecified atom stereocenters. The van der Waals surface area contributed by atoms with Crippen molar-refractivity contribution in [3.8, 4) is 0 Å². The summed E-state index contributed by atoms with van der Waals surface area (Å²) in [5.74, 6) is 0.344. The Morgan fingerprint density at radius 3 is 2.39 bits per heavy atom. The summed E-state index contributed by atoms with van der Waals surface area (Å²) in [5, 5.41) is 2.81. The first kappa shape index (κ1) is 14.7. The first-order valence-electron chi connectivity index (χ1n) is 6.18. The van der Waals surface area contributed by atoms with E-state index in [0.29, 0.717) is 12.5 Å². The minimum atomic E-state index is -0.570. The zero-order chi connectivity index (χ0) is 13.5. The topological polar surface area (TPSA) is 64.3 Å². The molecule has 1 amide bonds. The highest BCUT2D eigenvalue weighted by atomic mass is 16.5. The van der Waals surface area contributed by atoms with Gasteiger partial charge in [0.2, 0.25) is 0 Å². The largest absolute Gasteiger partial charge is 0.370 e. The van der Waals surface area contributed by atoms with Crippen LogP contribution in [-0.4, -0.2) is 25.7 Å². The lowest BCUT2D eigenvalue weighted by atomic mass is 10.0. The summed E-state index contributed by atoms with van der Waals surface area (Å²) in [7, 11) is 1.48. The smallest absolute Gasteiger partial charge is 0.250 e. The predicted octanol–water partition coefficient (Wildman–Crippen LogP) is 1.40. The molecule has 1 aromatic rings. The van der Waals surface area contributed by atoms with Crippen molar-refractivity contribution in [2.75, 3.05) is 13.7 Å². The molecule has 1 aromatic carbocycles. The molecule has 0 spiro atoms. The van der Waals surface area contributed by atoms with Crippen LogP contribution in [-0.2, 0) is 16.1 Å². The van der Waals surface area contributed by atoms with Crippen LogP contribution in [0.1, 0.15) is 30.9 Å². The molecule has 0 fully saturated rings. The number of rotatable bonds is 6. The number of carbonyl (C=O) groups excluding carboxylic acids is 1. The molecule has 0 radical (unpaired) electrons. The summed E-state index contributed by atoms with van der Waals surface area (Å²) in [5.41, 5.74) is 7.78. The molecule has 0 heterocycles. The third-order valence-electron chi connectivity index (χ3n) is 2.90. The number of amides is 1. The van der Waals surface area contributed by atoms with E-state index in [-0.39, 0.29) is 12.5 Å². The number of ether oxygens (including phenoxy) is 1. The molecule has 1 rings (SSSR count). The molecule has 18 heavy (non-hydrogen) atoms. The highest BCUT2D eigenvalue weighted by Gasteiger charge is 2.14. The first-order chi connectivity index (χ1) is 8.58. The fourth-order valence-corrected chi connectivity index (χ4v) is 1.63. The number of benzene rings is 1. The zero-order valence-corrected chi connectivity index (χ0v) is 11.3. The van der Waals surface area contributed by atoms with Gasteiger partial charge >= 0.3 is 0 Å². The second kappa shape index (κ2) is 7.13. The van der Waals surface area contributed by atoms with Crippen LogP contribution in [0, 0.1) is 0 Å². The molecular weight excluding hydrogens is 228 g/mol. The number of hydrogen-bond donors (Lipinski definition) is 2. The molecule has 0 aliphatic heterocycles. The molecule has 0 aromatic heterocycles. The van der Waals surface area contributed by atoms with Crippen LogP contribution in [0.15, 0.2) is 24.3 Å². The first-order valence-corrected chi connectivity index (χ1v) is 6.18. The van der Waals surface area contributed by atoms with Crippen molar-refractivity contribution < 1.29 is 9.53 Å². The van der Waals surface area contributed by atoms with Crippen LogP contribution < -0.4 is 11.1 Å². The normalized spacial score (nSPS) is 12.5. The van der Waals surface area contributed by atoms with E-state index in [4.69, 9.17) is 10.5 Å². The Balaban J connectivity index is 2.51. The highest BCUT2D eigenvalue weighted by Crippen LogP contribution is 2.14. The van der Waals surface area contributed by atoms with E-state index in [2.05, 4.69) is 31.3 Å². The van der Waals surface area contributed by atoms with Gasteiger partial charge in [-0.3, -0.25) is 4.79 Å². The minimum absolute atomic E-state index is 0.173. The van der Waals surface area contributed by atoms with Crippen LogP contribution in [0.2, 0.25) is 0 Å². The van der Waals surface area contributed by atoms with Gasteiger partial charge in [0.15, 0.2) is 0 Å². The lowest BCUT2D eigenvalue weighted by molar-refractivity contribution is -0.130. The van der Waals surface area contributed by atoms with Crippen LogP contribution in [0.4, 0.5) is 0 Å². The Kier molecular flexibility index (Phi) is 5.82.